The lowest BCUT2D eigenvalue weighted by Crippen LogP contribution is -2.37. The Morgan fingerprint density at radius 1 is 1.20 bits per heavy atom. The van der Waals surface area contributed by atoms with Gasteiger partial charge >= 0.3 is 0 Å². The number of benzene rings is 1. The number of hydrogen-bond acceptors (Lipinski definition) is 4. The number of carbonyl (C=O) groups is 1. The molecule has 1 aliphatic rings. The second kappa shape index (κ2) is 6.21. The maximum absolute atomic E-state index is 12.8. The minimum Gasteiger partial charge on any atom is -0.316 e. The van der Waals surface area contributed by atoms with Crippen LogP contribution in [-0.2, 0) is 6.54 Å². The Hall–Kier alpha value is -3.46. The normalized spacial score (nSPS) is 13.2. The Morgan fingerprint density at radius 3 is 2.92 bits per heavy atom. The Morgan fingerprint density at radius 2 is 2.12 bits per heavy atom. The number of rotatable bonds is 2. The largest absolute Gasteiger partial charge is 0.316 e. The lowest BCUT2D eigenvalue weighted by Gasteiger charge is -2.26. The Labute approximate surface area is 145 Å². The van der Waals surface area contributed by atoms with E-state index in [1.807, 2.05) is 29.0 Å². The predicted molar refractivity (Wildman–Crippen MR) is 92.9 cm³/mol. The van der Waals surface area contributed by atoms with Gasteiger partial charge in [0.2, 0.25) is 5.95 Å². The summed E-state index contributed by atoms with van der Waals surface area (Å²) >= 11 is 0. The molecule has 0 atom stereocenters. The summed E-state index contributed by atoms with van der Waals surface area (Å²) < 4.78 is 1.99. The number of nitriles is 1. The van der Waals surface area contributed by atoms with Crippen molar-refractivity contribution in [3.8, 4) is 17.3 Å². The molecule has 25 heavy (non-hydrogen) atoms. The molecule has 3 aromatic rings. The zero-order valence-corrected chi connectivity index (χ0v) is 13.5. The lowest BCUT2D eigenvalue weighted by atomic mass is 10.1. The van der Waals surface area contributed by atoms with E-state index in [4.69, 9.17) is 5.26 Å². The zero-order valence-electron chi connectivity index (χ0n) is 13.5. The van der Waals surface area contributed by atoms with Crippen LogP contribution in [0.3, 0.4) is 0 Å². The molecule has 0 aliphatic carbocycles. The smallest absolute Gasteiger partial charge is 0.262 e. The van der Waals surface area contributed by atoms with E-state index in [0.717, 1.165) is 24.2 Å². The van der Waals surface area contributed by atoms with Crippen LogP contribution in [0.5, 0.6) is 0 Å². The summed E-state index contributed by atoms with van der Waals surface area (Å²) in [7, 11) is 0. The molecule has 0 radical (unpaired) electrons. The van der Waals surface area contributed by atoms with E-state index in [0.29, 0.717) is 23.6 Å². The number of nitrogens with zero attached hydrogens (tertiary/aromatic N) is 5. The van der Waals surface area contributed by atoms with Crippen LogP contribution in [0.1, 0.15) is 22.3 Å². The van der Waals surface area contributed by atoms with Crippen molar-refractivity contribution in [3.63, 3.8) is 0 Å². The van der Waals surface area contributed by atoms with Crippen molar-refractivity contribution < 1.29 is 4.79 Å². The molecule has 0 unspecified atom stereocenters. The molecule has 1 aromatic carbocycles. The van der Waals surface area contributed by atoms with Gasteiger partial charge in [-0.25, -0.2) is 4.98 Å². The monoisotopic (exact) mass is 329 g/mol. The van der Waals surface area contributed by atoms with Gasteiger partial charge < -0.3 is 4.57 Å². The van der Waals surface area contributed by atoms with Gasteiger partial charge in [0.05, 0.1) is 22.9 Å². The third kappa shape index (κ3) is 2.76. The van der Waals surface area contributed by atoms with Crippen LogP contribution in [0.2, 0.25) is 0 Å². The molecule has 122 valence electrons. The van der Waals surface area contributed by atoms with E-state index in [1.54, 1.807) is 35.5 Å². The first-order valence-electron chi connectivity index (χ1n) is 8.06. The molecule has 4 rings (SSSR count). The minimum atomic E-state index is -0.100. The highest BCUT2D eigenvalue weighted by Crippen LogP contribution is 2.27. The van der Waals surface area contributed by atoms with Crippen molar-refractivity contribution in [2.24, 2.45) is 0 Å². The Bertz CT molecular complexity index is 971. The van der Waals surface area contributed by atoms with Crippen LogP contribution in [0, 0.1) is 11.3 Å². The van der Waals surface area contributed by atoms with Crippen LogP contribution in [-0.4, -0.2) is 27.0 Å². The van der Waals surface area contributed by atoms with Gasteiger partial charge in [-0.1, -0.05) is 12.1 Å². The Kier molecular flexibility index (Phi) is 3.75. The topological polar surface area (TPSA) is 74.8 Å². The molecule has 0 N–H and O–H groups in total. The van der Waals surface area contributed by atoms with Gasteiger partial charge in [0.1, 0.15) is 0 Å². The molecular weight excluding hydrogens is 314 g/mol. The van der Waals surface area contributed by atoms with Gasteiger partial charge in [0.25, 0.3) is 5.91 Å². The molecule has 6 nitrogen and oxygen atoms in total. The summed E-state index contributed by atoms with van der Waals surface area (Å²) in [5, 5.41) is 9.08. The molecule has 3 heterocycles. The number of carbonyl (C=O) groups excluding carboxylic acids is 1. The molecule has 6 heteroatoms. The number of imidazole rings is 1. The first-order valence-corrected chi connectivity index (χ1v) is 8.06. The predicted octanol–water partition coefficient (Wildman–Crippen LogP) is 2.87. The summed E-state index contributed by atoms with van der Waals surface area (Å²) in [6.07, 6.45) is 6.03. The van der Waals surface area contributed by atoms with Crippen molar-refractivity contribution in [2.75, 3.05) is 11.4 Å². The van der Waals surface area contributed by atoms with Crippen molar-refractivity contribution in [1.29, 1.82) is 5.26 Å². The van der Waals surface area contributed by atoms with Crippen LogP contribution in [0.4, 0.5) is 5.95 Å². The second-order valence-corrected chi connectivity index (χ2v) is 5.86. The number of anilines is 1. The number of pyridine rings is 1. The molecule has 0 spiro atoms. The molecule has 0 bridgehead atoms. The minimum absolute atomic E-state index is 0.100. The van der Waals surface area contributed by atoms with Crippen LogP contribution >= 0.6 is 0 Å². The van der Waals surface area contributed by atoms with E-state index in [9.17, 15) is 4.79 Å². The number of aryl methyl sites for hydroxylation is 1. The lowest BCUT2D eigenvalue weighted by molar-refractivity contribution is 0.0980. The van der Waals surface area contributed by atoms with Crippen molar-refractivity contribution in [3.05, 3.63) is 66.1 Å². The van der Waals surface area contributed by atoms with E-state index >= 15 is 0 Å². The van der Waals surface area contributed by atoms with Crippen molar-refractivity contribution >= 4 is 11.9 Å². The SMILES string of the molecule is N#Cc1cccc(-c2cn3c(n2)N(C(=O)c2cccnc2)CCC3)c1. The van der Waals surface area contributed by atoms with Gasteiger partial charge in [-0.3, -0.25) is 14.7 Å². The highest BCUT2D eigenvalue weighted by molar-refractivity contribution is 6.05. The number of hydrogen-bond donors (Lipinski definition) is 0. The average molecular weight is 329 g/mol. The maximum atomic E-state index is 12.8. The quantitative estimate of drug-likeness (QED) is 0.724. The van der Waals surface area contributed by atoms with Gasteiger partial charge in [-0.05, 0) is 30.7 Å². The van der Waals surface area contributed by atoms with Crippen LogP contribution in [0.15, 0.2) is 55.0 Å². The van der Waals surface area contributed by atoms with E-state index in [-0.39, 0.29) is 5.91 Å². The van der Waals surface area contributed by atoms with Gasteiger partial charge in [0, 0.05) is 37.2 Å². The number of fused-ring (bicyclic) bond motifs is 1. The summed E-state index contributed by atoms with van der Waals surface area (Å²) in [5.41, 5.74) is 2.77. The first kappa shape index (κ1) is 15.1. The van der Waals surface area contributed by atoms with Crippen molar-refractivity contribution in [1.82, 2.24) is 14.5 Å². The van der Waals surface area contributed by atoms with Crippen LogP contribution < -0.4 is 4.90 Å². The molecule has 2 aromatic heterocycles. The summed E-state index contributed by atoms with van der Waals surface area (Å²) in [5.74, 6) is 0.537. The fourth-order valence-corrected chi connectivity index (χ4v) is 3.01. The Balaban J connectivity index is 1.72. The molecule has 0 fully saturated rings. The molecule has 0 saturated heterocycles. The second-order valence-electron chi connectivity index (χ2n) is 5.86. The maximum Gasteiger partial charge on any atom is 0.262 e. The van der Waals surface area contributed by atoms with Crippen LogP contribution in [0.25, 0.3) is 11.3 Å². The summed E-state index contributed by atoms with van der Waals surface area (Å²) in [6.45, 7) is 1.44. The standard InChI is InChI=1S/C19H15N5O/c20-11-14-4-1-5-15(10-14)17-13-23-8-3-9-24(19(23)22-17)18(25)16-6-2-7-21-12-16/h1-2,4-7,10,12-13H,3,8-9H2. The van der Waals surface area contributed by atoms with Gasteiger partial charge in [-0.2, -0.15) is 5.26 Å². The molecule has 1 amide bonds. The summed E-state index contributed by atoms with van der Waals surface area (Å²) in [4.78, 5) is 23.2. The first-order chi connectivity index (χ1) is 12.3. The average Bonchev–Trinajstić information content (AvgIpc) is 3.12. The third-order valence-electron chi connectivity index (χ3n) is 4.22. The molecular formula is C19H15N5O. The highest BCUT2D eigenvalue weighted by atomic mass is 16.2. The highest BCUT2D eigenvalue weighted by Gasteiger charge is 2.26. The molecule has 1 aliphatic heterocycles. The number of aromatic nitrogens is 3. The molecule has 0 saturated carbocycles. The van der Waals surface area contributed by atoms with E-state index in [2.05, 4.69) is 16.0 Å². The van der Waals surface area contributed by atoms with E-state index in [1.165, 1.54) is 0 Å². The van der Waals surface area contributed by atoms with E-state index < -0.39 is 0 Å². The fraction of sp³-hybridized carbons (Fsp3) is 0.158. The van der Waals surface area contributed by atoms with Gasteiger partial charge in [-0.15, -0.1) is 0 Å². The van der Waals surface area contributed by atoms with Gasteiger partial charge in [0.15, 0.2) is 0 Å². The zero-order chi connectivity index (χ0) is 17.2. The fourth-order valence-electron chi connectivity index (χ4n) is 3.01. The van der Waals surface area contributed by atoms with Crippen molar-refractivity contribution in [2.45, 2.75) is 13.0 Å². The number of amides is 1. The third-order valence-corrected chi connectivity index (χ3v) is 4.22. The summed E-state index contributed by atoms with van der Waals surface area (Å²) in [6, 6.07) is 13.0.